The van der Waals surface area contributed by atoms with Gasteiger partial charge in [0.25, 0.3) is 0 Å². The predicted molar refractivity (Wildman–Crippen MR) is 136 cm³/mol. The summed E-state index contributed by atoms with van der Waals surface area (Å²) in [5.74, 6) is 0. The molecule has 0 aliphatic heterocycles. The zero-order chi connectivity index (χ0) is 22.3. The van der Waals surface area contributed by atoms with Crippen LogP contribution in [0.2, 0.25) is 0 Å². The van der Waals surface area contributed by atoms with Crippen molar-refractivity contribution in [2.75, 3.05) is 20.6 Å². The number of aryl methyl sites for hydroxylation is 1. The third kappa shape index (κ3) is 9.54. The fourth-order valence-corrected chi connectivity index (χ4v) is 4.73. The lowest BCUT2D eigenvalue weighted by Crippen LogP contribution is -2.54. The Hall–Kier alpha value is -0.820. The Balaban J connectivity index is 2.15. The van der Waals surface area contributed by atoms with E-state index in [4.69, 9.17) is 0 Å². The van der Waals surface area contributed by atoms with E-state index in [1.165, 1.54) is 108 Å². The van der Waals surface area contributed by atoms with Crippen LogP contribution in [0.25, 0.3) is 0 Å². The normalized spacial score (nSPS) is 12.5. The summed E-state index contributed by atoms with van der Waals surface area (Å²) in [6, 6.07) is 9.06. The fourth-order valence-electron chi connectivity index (χ4n) is 4.73. The van der Waals surface area contributed by atoms with E-state index in [-0.39, 0.29) is 5.54 Å². The largest absolute Gasteiger partial charge is 0.320 e. The van der Waals surface area contributed by atoms with Crippen molar-refractivity contribution in [2.45, 2.75) is 130 Å². The molecule has 174 valence electrons. The van der Waals surface area contributed by atoms with Gasteiger partial charge in [0.1, 0.15) is 5.54 Å². The first-order valence-corrected chi connectivity index (χ1v) is 13.3. The monoisotopic (exact) mass is 416 g/mol. The molecule has 0 N–H and O–H groups in total. The SMILES string of the molecule is CCCCCCCCCCCCCCCC[N+](C)(C)C(C)(C)c1ccccc1CC. The summed E-state index contributed by atoms with van der Waals surface area (Å²) < 4.78 is 1.07. The van der Waals surface area contributed by atoms with Crippen LogP contribution in [-0.4, -0.2) is 25.1 Å². The number of quaternary nitrogens is 1. The molecule has 0 bridgehead atoms. The van der Waals surface area contributed by atoms with Gasteiger partial charge in [-0.25, -0.2) is 0 Å². The highest BCUT2D eigenvalue weighted by Gasteiger charge is 2.38. The van der Waals surface area contributed by atoms with Gasteiger partial charge in [-0.05, 0) is 38.7 Å². The van der Waals surface area contributed by atoms with Crippen molar-refractivity contribution >= 4 is 0 Å². The van der Waals surface area contributed by atoms with Crippen molar-refractivity contribution < 1.29 is 4.48 Å². The van der Waals surface area contributed by atoms with E-state index in [0.29, 0.717) is 0 Å². The molecule has 1 aromatic rings. The molecule has 0 aliphatic rings. The van der Waals surface area contributed by atoms with Gasteiger partial charge >= 0.3 is 0 Å². The van der Waals surface area contributed by atoms with E-state index in [9.17, 15) is 0 Å². The highest BCUT2D eigenvalue weighted by Crippen LogP contribution is 2.34. The van der Waals surface area contributed by atoms with E-state index in [1.54, 1.807) is 0 Å². The van der Waals surface area contributed by atoms with Crippen molar-refractivity contribution in [3.63, 3.8) is 0 Å². The van der Waals surface area contributed by atoms with E-state index in [2.05, 4.69) is 66.1 Å². The lowest BCUT2D eigenvalue weighted by Gasteiger charge is -2.46. The topological polar surface area (TPSA) is 0 Å². The van der Waals surface area contributed by atoms with Gasteiger partial charge in [0.05, 0.1) is 20.6 Å². The third-order valence-electron chi connectivity index (χ3n) is 7.64. The second kappa shape index (κ2) is 15.1. The minimum Gasteiger partial charge on any atom is -0.320 e. The van der Waals surface area contributed by atoms with E-state index < -0.39 is 0 Å². The zero-order valence-electron chi connectivity index (χ0n) is 21.6. The Bertz CT molecular complexity index is 543. The van der Waals surface area contributed by atoms with Crippen LogP contribution in [0.3, 0.4) is 0 Å². The van der Waals surface area contributed by atoms with Gasteiger partial charge in [0.2, 0.25) is 0 Å². The quantitative estimate of drug-likeness (QED) is 0.165. The Morgan fingerprint density at radius 3 is 1.53 bits per heavy atom. The Kier molecular flexibility index (Phi) is 13.7. The zero-order valence-corrected chi connectivity index (χ0v) is 21.6. The van der Waals surface area contributed by atoms with Crippen molar-refractivity contribution in [2.24, 2.45) is 0 Å². The molecule has 1 nitrogen and oxygen atoms in total. The smallest absolute Gasteiger partial charge is 0.119 e. The van der Waals surface area contributed by atoms with Crippen LogP contribution >= 0.6 is 0 Å². The second-order valence-electron chi connectivity index (χ2n) is 10.6. The van der Waals surface area contributed by atoms with E-state index >= 15 is 0 Å². The summed E-state index contributed by atoms with van der Waals surface area (Å²) in [7, 11) is 4.85. The molecule has 0 saturated carbocycles. The van der Waals surface area contributed by atoms with Crippen LogP contribution in [-0.2, 0) is 12.0 Å². The summed E-state index contributed by atoms with van der Waals surface area (Å²) in [6.07, 6.45) is 21.2. The van der Waals surface area contributed by atoms with Gasteiger partial charge in [0.15, 0.2) is 0 Å². The van der Waals surface area contributed by atoms with Crippen molar-refractivity contribution in [1.82, 2.24) is 0 Å². The van der Waals surface area contributed by atoms with Crippen LogP contribution < -0.4 is 0 Å². The third-order valence-corrected chi connectivity index (χ3v) is 7.64. The average Bonchev–Trinajstić information content (AvgIpc) is 2.73. The highest BCUT2D eigenvalue weighted by atomic mass is 15.4. The van der Waals surface area contributed by atoms with Crippen molar-refractivity contribution in [1.29, 1.82) is 0 Å². The molecule has 0 amide bonds. The average molecular weight is 417 g/mol. The van der Waals surface area contributed by atoms with Crippen LogP contribution in [0.1, 0.15) is 129 Å². The molecule has 1 heteroatoms. The van der Waals surface area contributed by atoms with Crippen molar-refractivity contribution in [3.05, 3.63) is 35.4 Å². The summed E-state index contributed by atoms with van der Waals surface area (Å²) in [5.41, 5.74) is 3.20. The molecule has 0 radical (unpaired) electrons. The Morgan fingerprint density at radius 1 is 0.633 bits per heavy atom. The van der Waals surface area contributed by atoms with Gasteiger partial charge < -0.3 is 4.48 Å². The molecule has 0 heterocycles. The van der Waals surface area contributed by atoms with Gasteiger partial charge in [-0.1, -0.05) is 115 Å². The van der Waals surface area contributed by atoms with E-state index in [0.717, 1.165) is 10.9 Å². The first kappa shape index (κ1) is 27.2. The van der Waals surface area contributed by atoms with E-state index in [1.807, 2.05) is 0 Å². The lowest BCUT2D eigenvalue weighted by molar-refractivity contribution is -0.945. The molecule has 0 spiro atoms. The second-order valence-corrected chi connectivity index (χ2v) is 10.6. The predicted octanol–water partition coefficient (Wildman–Crippen LogP) is 9.04. The maximum atomic E-state index is 2.44. The van der Waals surface area contributed by atoms with Gasteiger partial charge in [0, 0.05) is 5.56 Å². The molecule has 0 atom stereocenters. The van der Waals surface area contributed by atoms with Gasteiger partial charge in [-0.15, -0.1) is 0 Å². The van der Waals surface area contributed by atoms with Crippen LogP contribution in [0.15, 0.2) is 24.3 Å². The summed E-state index contributed by atoms with van der Waals surface area (Å²) in [5, 5.41) is 0. The minimum atomic E-state index is 0.156. The first-order valence-electron chi connectivity index (χ1n) is 13.3. The Morgan fingerprint density at radius 2 is 1.07 bits per heavy atom. The molecule has 1 rings (SSSR count). The molecular formula is C29H54N+. The summed E-state index contributed by atoms with van der Waals surface area (Å²) >= 11 is 0. The Labute approximate surface area is 190 Å². The van der Waals surface area contributed by atoms with Gasteiger partial charge in [-0.3, -0.25) is 0 Å². The number of benzene rings is 1. The number of rotatable bonds is 18. The van der Waals surface area contributed by atoms with Crippen LogP contribution in [0, 0.1) is 0 Å². The number of hydrogen-bond acceptors (Lipinski definition) is 0. The first-order chi connectivity index (χ1) is 14.4. The highest BCUT2D eigenvalue weighted by molar-refractivity contribution is 5.31. The number of hydrogen-bond donors (Lipinski definition) is 0. The maximum absolute atomic E-state index is 2.44. The molecule has 0 saturated heterocycles. The molecule has 0 aliphatic carbocycles. The molecule has 30 heavy (non-hydrogen) atoms. The number of unbranched alkanes of at least 4 members (excludes halogenated alkanes) is 13. The molecule has 0 unspecified atom stereocenters. The summed E-state index contributed by atoms with van der Waals surface area (Å²) in [4.78, 5) is 0. The maximum Gasteiger partial charge on any atom is 0.119 e. The molecule has 1 aromatic carbocycles. The van der Waals surface area contributed by atoms with Crippen LogP contribution in [0.5, 0.6) is 0 Å². The van der Waals surface area contributed by atoms with Gasteiger partial charge in [-0.2, -0.15) is 0 Å². The fraction of sp³-hybridized carbons (Fsp3) is 0.793. The number of nitrogens with zero attached hydrogens (tertiary/aromatic N) is 1. The van der Waals surface area contributed by atoms with Crippen LogP contribution in [0.4, 0.5) is 0 Å². The molecule has 0 fully saturated rings. The standard InChI is InChI=1S/C29H54N/c1-7-9-10-11-12-13-14-15-16-17-18-19-20-23-26-30(5,6)29(3,4)28-25-22-21-24-27(28)8-2/h21-22,24-25H,7-20,23,26H2,1-6H3/q+1. The minimum absolute atomic E-state index is 0.156. The molecule has 0 aromatic heterocycles. The molecular weight excluding hydrogens is 362 g/mol. The summed E-state index contributed by atoms with van der Waals surface area (Å²) in [6.45, 7) is 10.7. The lowest BCUT2D eigenvalue weighted by atomic mass is 9.85. The van der Waals surface area contributed by atoms with Crippen molar-refractivity contribution in [3.8, 4) is 0 Å².